The van der Waals surface area contributed by atoms with Crippen LogP contribution in [-0.2, 0) is 10.5 Å². The number of carbonyl (C=O) groups is 1. The average Bonchev–Trinajstić information content (AvgIpc) is 3.29. The van der Waals surface area contributed by atoms with E-state index in [1.807, 2.05) is 0 Å². The maximum atomic E-state index is 14.1. The van der Waals surface area contributed by atoms with Crippen LogP contribution >= 0.6 is 23.1 Å². The SMILES string of the molecule is CC(=O)N(c1nc(CSc2nc3cc(F)c(F)cc3[nH]2)cs1)c1ccccc1F. The Bertz CT molecular complexity index is 1170. The predicted octanol–water partition coefficient (Wildman–Crippen LogP) is 5.41. The zero-order valence-electron chi connectivity index (χ0n) is 14.9. The van der Waals surface area contributed by atoms with E-state index in [-0.39, 0.29) is 11.6 Å². The number of anilines is 2. The van der Waals surface area contributed by atoms with Crippen LogP contribution in [0.5, 0.6) is 0 Å². The van der Waals surface area contributed by atoms with Gasteiger partial charge >= 0.3 is 0 Å². The number of hydrogen-bond donors (Lipinski definition) is 1. The number of aromatic nitrogens is 3. The van der Waals surface area contributed by atoms with Crippen LogP contribution in [-0.4, -0.2) is 20.9 Å². The van der Waals surface area contributed by atoms with Gasteiger partial charge in [0, 0.05) is 30.2 Å². The minimum atomic E-state index is -0.956. The number of nitrogens with zero attached hydrogens (tertiary/aromatic N) is 3. The number of hydrogen-bond acceptors (Lipinski definition) is 5. The first kappa shape index (κ1) is 19.5. The second kappa shape index (κ2) is 7.88. The van der Waals surface area contributed by atoms with Gasteiger partial charge in [-0.05, 0) is 12.1 Å². The quantitative estimate of drug-likeness (QED) is 0.427. The number of thioether (sulfide) groups is 1. The molecule has 4 aromatic rings. The molecule has 2 aromatic heterocycles. The number of nitrogens with one attached hydrogen (secondary N) is 1. The van der Waals surface area contributed by atoms with Crippen LogP contribution in [0.2, 0.25) is 0 Å². The number of benzene rings is 2. The van der Waals surface area contributed by atoms with Crippen molar-refractivity contribution in [3.8, 4) is 0 Å². The molecule has 0 bridgehead atoms. The number of carbonyl (C=O) groups excluding carboxylic acids is 1. The van der Waals surface area contributed by atoms with Crippen molar-refractivity contribution < 1.29 is 18.0 Å². The van der Waals surface area contributed by atoms with Gasteiger partial charge in [-0.1, -0.05) is 23.9 Å². The number of aromatic amines is 1. The summed E-state index contributed by atoms with van der Waals surface area (Å²) in [6.45, 7) is 1.34. The minimum absolute atomic E-state index is 0.134. The Morgan fingerprint density at radius 1 is 1.14 bits per heavy atom. The molecule has 0 atom stereocenters. The molecule has 148 valence electrons. The molecule has 0 saturated heterocycles. The third-order valence-corrected chi connectivity index (χ3v) is 5.78. The summed E-state index contributed by atoms with van der Waals surface area (Å²) in [6.07, 6.45) is 0. The van der Waals surface area contributed by atoms with Gasteiger partial charge in [-0.15, -0.1) is 11.3 Å². The third kappa shape index (κ3) is 3.99. The van der Waals surface area contributed by atoms with Gasteiger partial charge in [0.15, 0.2) is 21.9 Å². The highest BCUT2D eigenvalue weighted by Gasteiger charge is 2.21. The van der Waals surface area contributed by atoms with E-state index >= 15 is 0 Å². The molecule has 1 amide bonds. The fourth-order valence-corrected chi connectivity index (χ4v) is 4.46. The van der Waals surface area contributed by atoms with Crippen molar-refractivity contribution in [2.24, 2.45) is 0 Å². The van der Waals surface area contributed by atoms with Crippen LogP contribution < -0.4 is 4.90 Å². The molecule has 10 heteroatoms. The predicted molar refractivity (Wildman–Crippen MR) is 107 cm³/mol. The van der Waals surface area contributed by atoms with Crippen molar-refractivity contribution in [1.82, 2.24) is 15.0 Å². The summed E-state index contributed by atoms with van der Waals surface area (Å²) < 4.78 is 40.8. The molecule has 4 rings (SSSR count). The van der Waals surface area contributed by atoms with Gasteiger partial charge in [-0.3, -0.25) is 9.69 Å². The summed E-state index contributed by atoms with van der Waals surface area (Å²) in [7, 11) is 0. The topological polar surface area (TPSA) is 61.9 Å². The number of halogens is 3. The van der Waals surface area contributed by atoms with Crippen molar-refractivity contribution in [3.05, 3.63) is 64.9 Å². The Balaban J connectivity index is 1.53. The maximum absolute atomic E-state index is 14.1. The summed E-state index contributed by atoms with van der Waals surface area (Å²) in [6, 6.07) is 8.08. The summed E-state index contributed by atoms with van der Waals surface area (Å²) in [5.74, 6) is -2.37. The van der Waals surface area contributed by atoms with Crippen LogP contribution in [0.15, 0.2) is 46.9 Å². The standard InChI is InChI=1S/C19H13F3N4OS2/c1-10(27)26(17-5-3-2-4-12(17)20)19-23-11(9-29-19)8-28-18-24-15-6-13(21)14(22)7-16(15)25-18/h2-7,9H,8H2,1H3,(H,24,25). The molecule has 0 saturated carbocycles. The van der Waals surface area contributed by atoms with E-state index in [0.29, 0.717) is 32.8 Å². The summed E-state index contributed by atoms with van der Waals surface area (Å²) >= 11 is 2.52. The molecule has 5 nitrogen and oxygen atoms in total. The summed E-state index contributed by atoms with van der Waals surface area (Å²) in [5.41, 5.74) is 1.52. The largest absolute Gasteiger partial charge is 0.333 e. The Kier molecular flexibility index (Phi) is 5.29. The van der Waals surface area contributed by atoms with Crippen molar-refractivity contribution in [2.45, 2.75) is 17.8 Å². The van der Waals surface area contributed by atoms with E-state index in [9.17, 15) is 18.0 Å². The van der Waals surface area contributed by atoms with Crippen LogP contribution in [0.1, 0.15) is 12.6 Å². The van der Waals surface area contributed by atoms with Gasteiger partial charge in [0.25, 0.3) is 0 Å². The van der Waals surface area contributed by atoms with E-state index in [1.165, 1.54) is 47.1 Å². The molecule has 1 N–H and O–H groups in total. The first-order valence-electron chi connectivity index (χ1n) is 8.39. The molecular weight excluding hydrogens is 421 g/mol. The highest BCUT2D eigenvalue weighted by molar-refractivity contribution is 7.98. The minimum Gasteiger partial charge on any atom is -0.333 e. The molecule has 2 heterocycles. The van der Waals surface area contributed by atoms with E-state index in [0.717, 1.165) is 12.1 Å². The van der Waals surface area contributed by atoms with Crippen LogP contribution in [0.25, 0.3) is 11.0 Å². The third-order valence-electron chi connectivity index (χ3n) is 4.00. The van der Waals surface area contributed by atoms with E-state index in [2.05, 4.69) is 15.0 Å². The fourth-order valence-electron chi connectivity index (χ4n) is 2.70. The van der Waals surface area contributed by atoms with Crippen LogP contribution in [0.3, 0.4) is 0 Å². The lowest BCUT2D eigenvalue weighted by Gasteiger charge is -2.18. The lowest BCUT2D eigenvalue weighted by Crippen LogP contribution is -2.23. The Hall–Kier alpha value is -2.85. The number of amides is 1. The normalized spacial score (nSPS) is 11.2. The fraction of sp³-hybridized carbons (Fsp3) is 0.105. The first-order chi connectivity index (χ1) is 13.9. The smallest absolute Gasteiger partial charge is 0.230 e. The number of para-hydroxylation sites is 1. The Labute approximate surface area is 171 Å². The van der Waals surface area contributed by atoms with Crippen molar-refractivity contribution >= 4 is 50.9 Å². The van der Waals surface area contributed by atoms with Gasteiger partial charge in [-0.2, -0.15) is 0 Å². The highest BCUT2D eigenvalue weighted by Crippen LogP contribution is 2.32. The number of rotatable bonds is 5. The molecule has 0 fully saturated rings. The van der Waals surface area contributed by atoms with Gasteiger partial charge in [0.05, 0.1) is 22.4 Å². The molecule has 2 aromatic carbocycles. The lowest BCUT2D eigenvalue weighted by atomic mass is 10.3. The van der Waals surface area contributed by atoms with Crippen molar-refractivity contribution in [1.29, 1.82) is 0 Å². The highest BCUT2D eigenvalue weighted by atomic mass is 32.2. The summed E-state index contributed by atoms with van der Waals surface area (Å²) in [5, 5.41) is 2.60. The molecule has 0 spiro atoms. The second-order valence-electron chi connectivity index (χ2n) is 6.04. The van der Waals surface area contributed by atoms with Gasteiger partial charge in [0.1, 0.15) is 5.82 Å². The van der Waals surface area contributed by atoms with Gasteiger partial charge < -0.3 is 4.98 Å². The number of H-pyrrole nitrogens is 1. The zero-order valence-corrected chi connectivity index (χ0v) is 16.6. The molecule has 0 aliphatic heterocycles. The van der Waals surface area contributed by atoms with Crippen molar-refractivity contribution in [3.63, 3.8) is 0 Å². The van der Waals surface area contributed by atoms with Crippen molar-refractivity contribution in [2.75, 3.05) is 4.90 Å². The van der Waals surface area contributed by atoms with Gasteiger partial charge in [-0.25, -0.2) is 23.1 Å². The molecule has 0 aliphatic carbocycles. The summed E-state index contributed by atoms with van der Waals surface area (Å²) in [4.78, 5) is 24.9. The van der Waals surface area contributed by atoms with Crippen LogP contribution in [0, 0.1) is 17.5 Å². The van der Waals surface area contributed by atoms with Crippen LogP contribution in [0.4, 0.5) is 24.0 Å². The molecular formula is C19H13F3N4OS2. The van der Waals surface area contributed by atoms with E-state index < -0.39 is 17.5 Å². The number of thiazole rings is 1. The average molecular weight is 434 g/mol. The maximum Gasteiger partial charge on any atom is 0.230 e. The Morgan fingerprint density at radius 2 is 1.90 bits per heavy atom. The molecule has 0 aliphatic rings. The molecule has 0 unspecified atom stereocenters. The number of fused-ring (bicyclic) bond motifs is 1. The lowest BCUT2D eigenvalue weighted by molar-refractivity contribution is -0.115. The number of imidazole rings is 1. The monoisotopic (exact) mass is 434 g/mol. The molecule has 0 radical (unpaired) electrons. The second-order valence-corrected chi connectivity index (χ2v) is 7.84. The zero-order chi connectivity index (χ0) is 20.5. The van der Waals surface area contributed by atoms with E-state index in [4.69, 9.17) is 0 Å². The first-order valence-corrected chi connectivity index (χ1v) is 10.3. The van der Waals surface area contributed by atoms with E-state index in [1.54, 1.807) is 17.5 Å². The van der Waals surface area contributed by atoms with Gasteiger partial charge in [0.2, 0.25) is 5.91 Å². The molecule has 29 heavy (non-hydrogen) atoms. The Morgan fingerprint density at radius 3 is 2.66 bits per heavy atom.